The molecule has 0 bridgehead atoms. The molecule has 1 aliphatic rings. The van der Waals surface area contributed by atoms with Crippen molar-refractivity contribution in [2.45, 2.75) is 32.4 Å². The van der Waals surface area contributed by atoms with Gasteiger partial charge < -0.3 is 9.47 Å². The Labute approximate surface area is 175 Å². The van der Waals surface area contributed by atoms with Crippen molar-refractivity contribution in [3.8, 4) is 11.1 Å². The SMILES string of the molecule is C[C@@H]1C[C@@H](Cn2cnc3cc(-c4cn[nH]c4)ccc32)CN1C(=O)Cc1ccccc1. The van der Waals surface area contributed by atoms with Crippen molar-refractivity contribution in [3.63, 3.8) is 0 Å². The molecule has 0 aliphatic carbocycles. The van der Waals surface area contributed by atoms with E-state index in [9.17, 15) is 4.79 Å². The first-order valence-electron chi connectivity index (χ1n) is 10.4. The zero-order valence-electron chi connectivity index (χ0n) is 17.0. The quantitative estimate of drug-likeness (QED) is 0.553. The van der Waals surface area contributed by atoms with Crippen LogP contribution in [0.4, 0.5) is 0 Å². The molecule has 6 heteroatoms. The number of likely N-dealkylation sites (tertiary alicyclic amines) is 1. The molecule has 0 spiro atoms. The number of nitrogens with zero attached hydrogens (tertiary/aromatic N) is 4. The summed E-state index contributed by atoms with van der Waals surface area (Å²) < 4.78 is 2.22. The number of amides is 1. The van der Waals surface area contributed by atoms with Crippen LogP contribution in [0, 0.1) is 5.92 Å². The molecule has 1 N–H and O–H groups in total. The van der Waals surface area contributed by atoms with Gasteiger partial charge in [0.05, 0.1) is 30.0 Å². The van der Waals surface area contributed by atoms with Crippen LogP contribution in [0.2, 0.25) is 0 Å². The van der Waals surface area contributed by atoms with Crippen LogP contribution in [-0.4, -0.2) is 43.1 Å². The van der Waals surface area contributed by atoms with Gasteiger partial charge in [0.2, 0.25) is 5.91 Å². The van der Waals surface area contributed by atoms with Crippen molar-refractivity contribution in [2.24, 2.45) is 5.92 Å². The number of carbonyl (C=O) groups is 1. The smallest absolute Gasteiger partial charge is 0.227 e. The van der Waals surface area contributed by atoms with E-state index < -0.39 is 0 Å². The number of aromatic amines is 1. The highest BCUT2D eigenvalue weighted by atomic mass is 16.2. The molecule has 152 valence electrons. The van der Waals surface area contributed by atoms with Crippen molar-refractivity contribution in [1.82, 2.24) is 24.6 Å². The summed E-state index contributed by atoms with van der Waals surface area (Å²) in [5.74, 6) is 0.655. The molecule has 2 atom stereocenters. The van der Waals surface area contributed by atoms with Crippen molar-refractivity contribution < 1.29 is 4.79 Å². The molecular formula is C24H25N5O. The minimum atomic E-state index is 0.219. The van der Waals surface area contributed by atoms with Gasteiger partial charge in [-0.15, -0.1) is 0 Å². The first kappa shape index (κ1) is 18.6. The fraction of sp³-hybridized carbons (Fsp3) is 0.292. The first-order chi connectivity index (χ1) is 14.7. The summed E-state index contributed by atoms with van der Waals surface area (Å²) in [5, 5.41) is 6.88. The predicted molar refractivity (Wildman–Crippen MR) is 117 cm³/mol. The molecule has 30 heavy (non-hydrogen) atoms. The molecule has 0 radical (unpaired) electrons. The summed E-state index contributed by atoms with van der Waals surface area (Å²) in [5.41, 5.74) is 5.35. The molecule has 5 rings (SSSR count). The molecule has 1 amide bonds. The van der Waals surface area contributed by atoms with Gasteiger partial charge in [0.1, 0.15) is 0 Å². The second-order valence-electron chi connectivity index (χ2n) is 8.25. The fourth-order valence-corrected chi connectivity index (χ4v) is 4.57. The van der Waals surface area contributed by atoms with E-state index in [2.05, 4.69) is 44.9 Å². The number of H-pyrrole nitrogens is 1. The lowest BCUT2D eigenvalue weighted by molar-refractivity contribution is -0.131. The van der Waals surface area contributed by atoms with E-state index in [0.29, 0.717) is 12.3 Å². The summed E-state index contributed by atoms with van der Waals surface area (Å²) in [6, 6.07) is 16.6. The maximum absolute atomic E-state index is 12.8. The fourth-order valence-electron chi connectivity index (χ4n) is 4.57. The van der Waals surface area contributed by atoms with Gasteiger partial charge >= 0.3 is 0 Å². The second-order valence-corrected chi connectivity index (χ2v) is 8.25. The van der Waals surface area contributed by atoms with Crippen LogP contribution in [0.15, 0.2) is 67.3 Å². The zero-order valence-corrected chi connectivity index (χ0v) is 17.0. The van der Waals surface area contributed by atoms with Gasteiger partial charge in [0, 0.05) is 30.9 Å². The molecule has 4 aromatic rings. The highest BCUT2D eigenvalue weighted by Gasteiger charge is 2.32. The number of hydrogen-bond donors (Lipinski definition) is 1. The first-order valence-corrected chi connectivity index (χ1v) is 10.4. The average molecular weight is 399 g/mol. The van der Waals surface area contributed by atoms with E-state index in [4.69, 9.17) is 0 Å². The Morgan fingerprint density at radius 2 is 2.03 bits per heavy atom. The van der Waals surface area contributed by atoms with Crippen LogP contribution in [0.1, 0.15) is 18.9 Å². The van der Waals surface area contributed by atoms with Crippen LogP contribution in [0.25, 0.3) is 22.2 Å². The van der Waals surface area contributed by atoms with Gasteiger partial charge in [0.15, 0.2) is 0 Å². The van der Waals surface area contributed by atoms with Crippen LogP contribution < -0.4 is 0 Å². The number of benzene rings is 2. The van der Waals surface area contributed by atoms with Gasteiger partial charge in [-0.2, -0.15) is 5.10 Å². The van der Waals surface area contributed by atoms with Crippen LogP contribution in [-0.2, 0) is 17.8 Å². The van der Waals surface area contributed by atoms with Gasteiger partial charge in [-0.25, -0.2) is 4.98 Å². The van der Waals surface area contributed by atoms with Crippen molar-refractivity contribution in [2.75, 3.05) is 6.54 Å². The summed E-state index contributed by atoms with van der Waals surface area (Å²) in [6.45, 7) is 3.84. The Morgan fingerprint density at radius 1 is 1.17 bits per heavy atom. The van der Waals surface area contributed by atoms with Gasteiger partial charge in [-0.1, -0.05) is 36.4 Å². The Hall–Kier alpha value is -3.41. The third-order valence-electron chi connectivity index (χ3n) is 6.09. The van der Waals surface area contributed by atoms with Crippen molar-refractivity contribution in [1.29, 1.82) is 0 Å². The topological polar surface area (TPSA) is 66.8 Å². The Bertz CT molecular complexity index is 1150. The van der Waals surface area contributed by atoms with Crippen molar-refractivity contribution in [3.05, 3.63) is 72.8 Å². The molecule has 1 aliphatic heterocycles. The number of imidazole rings is 1. The summed E-state index contributed by atoms with van der Waals surface area (Å²) in [7, 11) is 0. The number of aromatic nitrogens is 4. The monoisotopic (exact) mass is 399 g/mol. The minimum Gasteiger partial charge on any atom is -0.339 e. The van der Waals surface area contributed by atoms with Crippen LogP contribution in [0.5, 0.6) is 0 Å². The Kier molecular flexibility index (Phi) is 4.83. The van der Waals surface area contributed by atoms with Crippen LogP contribution >= 0.6 is 0 Å². The lowest BCUT2D eigenvalue weighted by Crippen LogP contribution is -2.35. The number of hydrogen-bond acceptors (Lipinski definition) is 3. The average Bonchev–Trinajstić information content (AvgIpc) is 3.49. The molecule has 0 unspecified atom stereocenters. The molecule has 3 heterocycles. The largest absolute Gasteiger partial charge is 0.339 e. The highest BCUT2D eigenvalue weighted by Crippen LogP contribution is 2.28. The van der Waals surface area contributed by atoms with E-state index in [1.54, 1.807) is 0 Å². The van der Waals surface area contributed by atoms with Gasteiger partial charge in [0.25, 0.3) is 0 Å². The third kappa shape index (κ3) is 3.61. The lowest BCUT2D eigenvalue weighted by Gasteiger charge is -2.21. The van der Waals surface area contributed by atoms with Gasteiger partial charge in [-0.05, 0) is 42.5 Å². The second kappa shape index (κ2) is 7.78. The molecular weight excluding hydrogens is 374 g/mol. The van der Waals surface area contributed by atoms with Crippen LogP contribution in [0.3, 0.4) is 0 Å². The lowest BCUT2D eigenvalue weighted by atomic mass is 10.1. The molecule has 2 aromatic carbocycles. The van der Waals surface area contributed by atoms with E-state index in [0.717, 1.165) is 47.2 Å². The molecule has 0 saturated carbocycles. The van der Waals surface area contributed by atoms with E-state index in [1.165, 1.54) is 0 Å². The number of rotatable bonds is 5. The van der Waals surface area contributed by atoms with E-state index in [-0.39, 0.29) is 11.9 Å². The zero-order chi connectivity index (χ0) is 20.5. The minimum absolute atomic E-state index is 0.219. The number of carbonyl (C=O) groups excluding carboxylic acids is 1. The third-order valence-corrected chi connectivity index (χ3v) is 6.09. The normalized spacial score (nSPS) is 18.9. The number of fused-ring (bicyclic) bond motifs is 1. The molecule has 6 nitrogen and oxygen atoms in total. The summed E-state index contributed by atoms with van der Waals surface area (Å²) in [6.07, 6.45) is 7.12. The summed E-state index contributed by atoms with van der Waals surface area (Å²) >= 11 is 0. The maximum atomic E-state index is 12.8. The maximum Gasteiger partial charge on any atom is 0.227 e. The van der Waals surface area contributed by atoms with E-state index in [1.807, 2.05) is 54.0 Å². The Balaban J connectivity index is 1.28. The molecule has 1 fully saturated rings. The standard InChI is InChI=1S/C24H25N5O/c1-17-9-19(15-29(17)24(30)10-18-5-3-2-4-6-18)14-28-16-25-22-11-20(7-8-23(22)28)21-12-26-27-13-21/h2-8,11-13,16-17,19H,9-10,14-15H2,1H3,(H,26,27)/t17-,19+/m1/s1. The highest BCUT2D eigenvalue weighted by molar-refractivity contribution is 5.82. The summed E-state index contributed by atoms with van der Waals surface area (Å²) in [4.78, 5) is 19.5. The number of nitrogens with one attached hydrogen (secondary N) is 1. The van der Waals surface area contributed by atoms with Crippen molar-refractivity contribution >= 4 is 16.9 Å². The van der Waals surface area contributed by atoms with Gasteiger partial charge in [-0.3, -0.25) is 9.89 Å². The molecule has 2 aromatic heterocycles. The predicted octanol–water partition coefficient (Wildman–Crippen LogP) is 3.91. The Morgan fingerprint density at radius 3 is 2.83 bits per heavy atom. The molecule has 1 saturated heterocycles. The van der Waals surface area contributed by atoms with E-state index >= 15 is 0 Å².